The van der Waals surface area contributed by atoms with Gasteiger partial charge in [-0.1, -0.05) is 6.42 Å². The van der Waals surface area contributed by atoms with E-state index in [0.717, 1.165) is 18.1 Å². The van der Waals surface area contributed by atoms with Crippen molar-refractivity contribution in [1.82, 2.24) is 9.36 Å². The van der Waals surface area contributed by atoms with Gasteiger partial charge in [0.1, 0.15) is 6.33 Å². The number of hydrogen-bond acceptors (Lipinski definition) is 5. The maximum atomic E-state index is 5.92. The average molecular weight is 212 g/mol. The summed E-state index contributed by atoms with van der Waals surface area (Å²) in [6.07, 6.45) is 6.48. The molecule has 3 N–H and O–H groups in total. The van der Waals surface area contributed by atoms with Crippen LogP contribution in [0.15, 0.2) is 6.33 Å². The SMILES string of the molecule is NC1CCCC(CNc2ncns2)C1. The van der Waals surface area contributed by atoms with Crippen LogP contribution in [-0.4, -0.2) is 21.9 Å². The zero-order chi connectivity index (χ0) is 9.80. The van der Waals surface area contributed by atoms with Gasteiger partial charge in [0.25, 0.3) is 0 Å². The Kier molecular flexibility index (Phi) is 3.31. The van der Waals surface area contributed by atoms with Gasteiger partial charge in [0.15, 0.2) is 0 Å². The highest BCUT2D eigenvalue weighted by Gasteiger charge is 2.18. The minimum atomic E-state index is 0.407. The Morgan fingerprint density at radius 2 is 2.50 bits per heavy atom. The lowest BCUT2D eigenvalue weighted by Crippen LogP contribution is -2.30. The van der Waals surface area contributed by atoms with Crippen molar-refractivity contribution in [2.24, 2.45) is 11.7 Å². The Balaban J connectivity index is 1.75. The fourth-order valence-corrected chi connectivity index (χ4v) is 2.44. The van der Waals surface area contributed by atoms with Gasteiger partial charge < -0.3 is 11.1 Å². The Hall–Kier alpha value is -0.680. The van der Waals surface area contributed by atoms with E-state index in [9.17, 15) is 0 Å². The van der Waals surface area contributed by atoms with Gasteiger partial charge >= 0.3 is 0 Å². The predicted octanol–water partition coefficient (Wildman–Crippen LogP) is 1.47. The third-order valence-electron chi connectivity index (χ3n) is 2.73. The van der Waals surface area contributed by atoms with E-state index in [1.165, 1.54) is 30.8 Å². The van der Waals surface area contributed by atoms with Gasteiger partial charge in [0.2, 0.25) is 5.13 Å². The summed E-state index contributed by atoms with van der Waals surface area (Å²) in [5.41, 5.74) is 5.92. The summed E-state index contributed by atoms with van der Waals surface area (Å²) in [4.78, 5) is 4.08. The Bertz CT molecular complexity index is 262. The maximum Gasteiger partial charge on any atom is 0.202 e. The minimum Gasteiger partial charge on any atom is -0.360 e. The van der Waals surface area contributed by atoms with E-state index in [4.69, 9.17) is 5.73 Å². The molecule has 1 aliphatic carbocycles. The second kappa shape index (κ2) is 4.70. The number of nitrogens with two attached hydrogens (primary N) is 1. The molecule has 1 heterocycles. The van der Waals surface area contributed by atoms with Gasteiger partial charge in [-0.2, -0.15) is 4.37 Å². The van der Waals surface area contributed by atoms with Crippen molar-refractivity contribution in [2.45, 2.75) is 31.7 Å². The van der Waals surface area contributed by atoms with Crippen molar-refractivity contribution < 1.29 is 0 Å². The molecule has 5 heteroatoms. The van der Waals surface area contributed by atoms with Crippen LogP contribution in [-0.2, 0) is 0 Å². The molecule has 0 radical (unpaired) electrons. The quantitative estimate of drug-likeness (QED) is 0.796. The lowest BCUT2D eigenvalue weighted by Gasteiger charge is -2.26. The van der Waals surface area contributed by atoms with E-state index in [1.54, 1.807) is 6.33 Å². The average Bonchev–Trinajstić information content (AvgIpc) is 2.67. The monoisotopic (exact) mass is 212 g/mol. The van der Waals surface area contributed by atoms with Crippen LogP contribution in [0.4, 0.5) is 5.13 Å². The fourth-order valence-electron chi connectivity index (χ4n) is 2.00. The molecule has 0 aliphatic heterocycles. The summed E-state index contributed by atoms with van der Waals surface area (Å²) >= 11 is 1.41. The van der Waals surface area contributed by atoms with Crippen LogP contribution in [0.3, 0.4) is 0 Å². The number of rotatable bonds is 3. The van der Waals surface area contributed by atoms with E-state index in [1.807, 2.05) is 0 Å². The maximum absolute atomic E-state index is 5.92. The van der Waals surface area contributed by atoms with E-state index in [0.29, 0.717) is 12.0 Å². The lowest BCUT2D eigenvalue weighted by molar-refractivity contribution is 0.335. The Labute approximate surface area is 88.1 Å². The summed E-state index contributed by atoms with van der Waals surface area (Å²) in [6, 6.07) is 0.407. The zero-order valence-electron chi connectivity index (χ0n) is 8.15. The standard InChI is InChI=1S/C9H16N4S/c10-8-3-1-2-7(4-8)5-11-9-12-6-13-14-9/h6-8H,1-5,10H2,(H,11,12,13). The fraction of sp³-hybridized carbons (Fsp3) is 0.778. The van der Waals surface area contributed by atoms with E-state index in [-0.39, 0.29) is 0 Å². The molecule has 0 spiro atoms. The summed E-state index contributed by atoms with van der Waals surface area (Å²) in [5, 5.41) is 4.22. The topological polar surface area (TPSA) is 63.8 Å². The molecular weight excluding hydrogens is 196 g/mol. The van der Waals surface area contributed by atoms with Crippen LogP contribution in [0.25, 0.3) is 0 Å². The molecule has 0 amide bonds. The van der Waals surface area contributed by atoms with Gasteiger partial charge in [-0.25, -0.2) is 4.98 Å². The largest absolute Gasteiger partial charge is 0.360 e. The molecule has 2 unspecified atom stereocenters. The first-order valence-corrected chi connectivity index (χ1v) is 5.88. The molecule has 1 fully saturated rings. The molecule has 0 aromatic carbocycles. The summed E-state index contributed by atoms with van der Waals surface area (Å²) < 4.78 is 3.94. The highest BCUT2D eigenvalue weighted by molar-refractivity contribution is 7.09. The number of nitrogens with one attached hydrogen (secondary N) is 1. The number of anilines is 1. The normalized spacial score (nSPS) is 27.5. The first-order chi connectivity index (χ1) is 6.84. The van der Waals surface area contributed by atoms with E-state index in [2.05, 4.69) is 14.7 Å². The van der Waals surface area contributed by atoms with Crippen LogP contribution in [0.1, 0.15) is 25.7 Å². The van der Waals surface area contributed by atoms with Crippen LogP contribution in [0.5, 0.6) is 0 Å². The van der Waals surface area contributed by atoms with Crippen molar-refractivity contribution in [2.75, 3.05) is 11.9 Å². The molecule has 1 aromatic rings. The van der Waals surface area contributed by atoms with Crippen molar-refractivity contribution in [3.63, 3.8) is 0 Å². The smallest absolute Gasteiger partial charge is 0.202 e. The summed E-state index contributed by atoms with van der Waals surface area (Å²) in [6.45, 7) is 0.989. The summed E-state index contributed by atoms with van der Waals surface area (Å²) in [5.74, 6) is 0.711. The second-order valence-electron chi connectivity index (χ2n) is 3.92. The van der Waals surface area contributed by atoms with Gasteiger partial charge in [0, 0.05) is 24.1 Å². The first kappa shape index (κ1) is 9.86. The Morgan fingerprint density at radius 3 is 3.21 bits per heavy atom. The van der Waals surface area contributed by atoms with Gasteiger partial charge in [-0.05, 0) is 25.2 Å². The molecule has 2 atom stereocenters. The third kappa shape index (κ3) is 2.65. The van der Waals surface area contributed by atoms with E-state index < -0.39 is 0 Å². The molecular formula is C9H16N4S. The molecule has 4 nitrogen and oxygen atoms in total. The van der Waals surface area contributed by atoms with Crippen LogP contribution in [0, 0.1) is 5.92 Å². The van der Waals surface area contributed by atoms with Crippen LogP contribution >= 0.6 is 11.5 Å². The molecule has 1 aromatic heterocycles. The van der Waals surface area contributed by atoms with Gasteiger partial charge in [-0.15, -0.1) is 0 Å². The van der Waals surface area contributed by atoms with Crippen LogP contribution < -0.4 is 11.1 Å². The van der Waals surface area contributed by atoms with Crippen molar-refractivity contribution in [1.29, 1.82) is 0 Å². The van der Waals surface area contributed by atoms with Crippen molar-refractivity contribution in [3.8, 4) is 0 Å². The molecule has 0 saturated heterocycles. The van der Waals surface area contributed by atoms with Crippen LogP contribution in [0.2, 0.25) is 0 Å². The highest BCUT2D eigenvalue weighted by Crippen LogP contribution is 2.23. The van der Waals surface area contributed by atoms with Crippen molar-refractivity contribution >= 4 is 16.7 Å². The molecule has 0 bridgehead atoms. The number of nitrogens with zero attached hydrogens (tertiary/aromatic N) is 2. The Morgan fingerprint density at radius 1 is 1.57 bits per heavy atom. The molecule has 78 valence electrons. The summed E-state index contributed by atoms with van der Waals surface area (Å²) in [7, 11) is 0. The second-order valence-corrected chi connectivity index (χ2v) is 4.70. The predicted molar refractivity (Wildman–Crippen MR) is 58.3 cm³/mol. The van der Waals surface area contributed by atoms with Gasteiger partial charge in [-0.3, -0.25) is 0 Å². The molecule has 2 rings (SSSR count). The number of hydrogen-bond donors (Lipinski definition) is 2. The highest BCUT2D eigenvalue weighted by atomic mass is 32.1. The molecule has 1 saturated carbocycles. The molecule has 1 aliphatic rings. The van der Waals surface area contributed by atoms with E-state index >= 15 is 0 Å². The zero-order valence-corrected chi connectivity index (χ0v) is 8.96. The lowest BCUT2D eigenvalue weighted by atomic mass is 9.86. The van der Waals surface area contributed by atoms with Gasteiger partial charge in [0.05, 0.1) is 0 Å². The first-order valence-electron chi connectivity index (χ1n) is 5.10. The minimum absolute atomic E-state index is 0.407. The van der Waals surface area contributed by atoms with Crippen molar-refractivity contribution in [3.05, 3.63) is 6.33 Å². The number of aromatic nitrogens is 2. The third-order valence-corrected chi connectivity index (χ3v) is 3.35. The molecule has 14 heavy (non-hydrogen) atoms.